The largest absolute Gasteiger partial charge is 0.354 e. The number of hydrogen-bond acceptors (Lipinski definition) is 4. The molecule has 2 N–H and O–H groups in total. The highest BCUT2D eigenvalue weighted by Gasteiger charge is 2.19. The molecule has 250 valence electrons. The summed E-state index contributed by atoms with van der Waals surface area (Å²) in [6.07, 6.45) is 8.40. The molecule has 2 aliphatic heterocycles. The maximum absolute atomic E-state index is 6.29. The van der Waals surface area contributed by atoms with E-state index in [1.165, 1.54) is 0 Å². The van der Waals surface area contributed by atoms with Crippen LogP contribution in [0.4, 0.5) is 0 Å². The maximum atomic E-state index is 6.29. The summed E-state index contributed by atoms with van der Waals surface area (Å²) in [4.78, 5) is 22.4. The van der Waals surface area contributed by atoms with Gasteiger partial charge in [-0.25, -0.2) is 9.97 Å². The highest BCUT2D eigenvalue weighted by molar-refractivity contribution is 8.00. The number of aromatic amines is 2. The molecule has 0 atom stereocenters. The summed E-state index contributed by atoms with van der Waals surface area (Å²) in [7, 11) is 0. The SMILES string of the molecule is Clc1ccc(Sc2c3nc(c(-c4ccccc4)c4ccc([nH]4)c(Sc4ccc(Cl)cc4)c4ccc([nH]4)c(-c4ccccc4)c4nc2C=C4)C=C3)cc1. The van der Waals surface area contributed by atoms with E-state index in [1.54, 1.807) is 23.5 Å². The second-order valence-electron chi connectivity index (χ2n) is 12.3. The zero-order valence-electron chi connectivity index (χ0n) is 27.5. The van der Waals surface area contributed by atoms with Crippen LogP contribution in [0.3, 0.4) is 0 Å². The van der Waals surface area contributed by atoms with Gasteiger partial charge in [0, 0.05) is 42.0 Å². The van der Waals surface area contributed by atoms with E-state index < -0.39 is 0 Å². The Morgan fingerprint density at radius 3 is 1.21 bits per heavy atom. The van der Waals surface area contributed by atoms with Gasteiger partial charge in [-0.2, -0.15) is 0 Å². The topological polar surface area (TPSA) is 57.4 Å². The van der Waals surface area contributed by atoms with Gasteiger partial charge >= 0.3 is 0 Å². The summed E-state index contributed by atoms with van der Waals surface area (Å²) in [6, 6.07) is 45.3. The second-order valence-corrected chi connectivity index (χ2v) is 15.3. The zero-order chi connectivity index (χ0) is 35.0. The molecule has 52 heavy (non-hydrogen) atoms. The van der Waals surface area contributed by atoms with Crippen LogP contribution >= 0.6 is 46.7 Å². The molecular weight excluding hydrogens is 720 g/mol. The van der Waals surface area contributed by atoms with Crippen molar-refractivity contribution in [1.29, 1.82) is 0 Å². The van der Waals surface area contributed by atoms with Gasteiger partial charge < -0.3 is 9.97 Å². The van der Waals surface area contributed by atoms with E-state index in [-0.39, 0.29) is 0 Å². The fraction of sp³-hybridized carbons (Fsp3) is 0. The van der Waals surface area contributed by atoms with Gasteiger partial charge in [0.05, 0.1) is 43.6 Å². The Balaban J connectivity index is 1.40. The molecule has 8 bridgehead atoms. The van der Waals surface area contributed by atoms with E-state index in [2.05, 4.69) is 119 Å². The first kappa shape index (κ1) is 32.7. The Bertz CT molecular complexity index is 2540. The molecule has 0 spiro atoms. The third-order valence-corrected chi connectivity index (χ3v) is 11.6. The van der Waals surface area contributed by atoms with Crippen LogP contribution in [0.15, 0.2) is 153 Å². The summed E-state index contributed by atoms with van der Waals surface area (Å²) in [5.41, 5.74) is 11.5. The fourth-order valence-corrected chi connectivity index (χ4v) is 8.59. The molecule has 2 aliphatic rings. The molecule has 0 radical (unpaired) electrons. The van der Waals surface area contributed by atoms with Crippen molar-refractivity contribution in [3.8, 4) is 22.3 Å². The smallest absolute Gasteiger partial charge is 0.0799 e. The summed E-state index contributed by atoms with van der Waals surface area (Å²) >= 11 is 15.9. The molecule has 4 aromatic carbocycles. The summed E-state index contributed by atoms with van der Waals surface area (Å²) < 4.78 is 0. The van der Waals surface area contributed by atoms with Crippen LogP contribution in [0.1, 0.15) is 22.8 Å². The van der Waals surface area contributed by atoms with E-state index in [0.29, 0.717) is 10.0 Å². The standard InChI is InChI=1S/C44H28Cl2N4S2/c45-29-11-15-31(16-12-29)51-43-37-23-19-33(47-37)41(27-7-3-1-4-8-27)34-20-24-38(48-34)44(52-32-17-13-30(46)14-18-32)40-26-22-36(50-40)42(28-9-5-2-6-10-28)35-21-25-39(43)49-35/h1-26,47,49H. The molecule has 0 saturated heterocycles. The molecule has 0 saturated carbocycles. The monoisotopic (exact) mass is 746 g/mol. The Kier molecular flexibility index (Phi) is 8.83. The van der Waals surface area contributed by atoms with Crippen molar-refractivity contribution in [3.05, 3.63) is 166 Å². The Hall–Kier alpha value is -5.24. The summed E-state index contributed by atoms with van der Waals surface area (Å²) in [5.74, 6) is 0. The van der Waals surface area contributed by atoms with Gasteiger partial charge in [0.1, 0.15) is 0 Å². The van der Waals surface area contributed by atoms with Gasteiger partial charge in [0.15, 0.2) is 0 Å². The highest BCUT2D eigenvalue weighted by Crippen LogP contribution is 2.41. The number of H-pyrrole nitrogens is 2. The molecule has 0 aliphatic carbocycles. The Morgan fingerprint density at radius 1 is 0.385 bits per heavy atom. The predicted octanol–water partition coefficient (Wildman–Crippen LogP) is 13.6. The van der Waals surface area contributed by atoms with Gasteiger partial charge in [0.2, 0.25) is 0 Å². The average molecular weight is 748 g/mol. The lowest BCUT2D eigenvalue weighted by molar-refractivity contribution is 1.17. The minimum atomic E-state index is 0.696. The molecule has 3 aromatic heterocycles. The van der Waals surface area contributed by atoms with Crippen molar-refractivity contribution in [2.24, 2.45) is 0 Å². The van der Waals surface area contributed by atoms with Crippen LogP contribution in [-0.4, -0.2) is 19.9 Å². The van der Waals surface area contributed by atoms with E-state index in [4.69, 9.17) is 33.2 Å². The maximum Gasteiger partial charge on any atom is 0.0799 e. The molecule has 0 unspecified atom stereocenters. The molecule has 8 heteroatoms. The van der Waals surface area contributed by atoms with Crippen molar-refractivity contribution in [2.75, 3.05) is 0 Å². The molecule has 0 fully saturated rings. The predicted molar refractivity (Wildman–Crippen MR) is 221 cm³/mol. The molecule has 5 heterocycles. The van der Waals surface area contributed by atoms with Crippen molar-refractivity contribution >= 4 is 93.1 Å². The van der Waals surface area contributed by atoms with E-state index in [9.17, 15) is 0 Å². The lowest BCUT2D eigenvalue weighted by Crippen LogP contribution is -1.89. The molecule has 4 nitrogen and oxygen atoms in total. The van der Waals surface area contributed by atoms with E-state index >= 15 is 0 Å². The Morgan fingerprint density at radius 2 is 0.769 bits per heavy atom. The fourth-order valence-electron chi connectivity index (χ4n) is 6.43. The van der Waals surface area contributed by atoms with Gasteiger partial charge in [-0.15, -0.1) is 0 Å². The first-order valence-corrected chi connectivity index (χ1v) is 19.1. The first-order chi connectivity index (χ1) is 25.6. The second kappa shape index (κ2) is 14.1. The van der Waals surface area contributed by atoms with Gasteiger partial charge in [-0.05, 0) is 108 Å². The van der Waals surface area contributed by atoms with Gasteiger partial charge in [-0.1, -0.05) is 107 Å². The molecular formula is C44H28Cl2N4S2. The molecule has 7 aromatic rings. The highest BCUT2D eigenvalue weighted by atomic mass is 35.5. The number of benzene rings is 4. The van der Waals surface area contributed by atoms with Gasteiger partial charge in [-0.3, -0.25) is 0 Å². The zero-order valence-corrected chi connectivity index (χ0v) is 30.6. The minimum absolute atomic E-state index is 0.696. The number of fused-ring (bicyclic) bond motifs is 8. The average Bonchev–Trinajstić information content (AvgIpc) is 4.02. The van der Waals surface area contributed by atoms with Crippen LogP contribution < -0.4 is 0 Å². The van der Waals surface area contributed by atoms with E-state index in [1.807, 2.05) is 48.5 Å². The lowest BCUT2D eigenvalue weighted by Gasteiger charge is -2.07. The Labute approximate surface area is 319 Å². The van der Waals surface area contributed by atoms with Crippen LogP contribution in [0, 0.1) is 0 Å². The number of nitrogens with one attached hydrogen (secondary N) is 2. The van der Waals surface area contributed by atoms with Crippen molar-refractivity contribution < 1.29 is 0 Å². The van der Waals surface area contributed by atoms with Crippen LogP contribution in [0.5, 0.6) is 0 Å². The molecule has 0 amide bonds. The van der Waals surface area contributed by atoms with E-state index in [0.717, 1.165) is 86.7 Å². The number of aromatic nitrogens is 4. The quantitative estimate of drug-likeness (QED) is 0.178. The first-order valence-electron chi connectivity index (χ1n) is 16.7. The van der Waals surface area contributed by atoms with Crippen LogP contribution in [-0.2, 0) is 0 Å². The summed E-state index contributed by atoms with van der Waals surface area (Å²) in [6.45, 7) is 0. The minimum Gasteiger partial charge on any atom is -0.354 e. The van der Waals surface area contributed by atoms with Crippen molar-refractivity contribution in [2.45, 2.75) is 19.6 Å². The summed E-state index contributed by atoms with van der Waals surface area (Å²) in [5, 5.41) is 1.40. The number of nitrogens with zero attached hydrogens (tertiary/aromatic N) is 2. The van der Waals surface area contributed by atoms with Crippen molar-refractivity contribution in [1.82, 2.24) is 19.9 Å². The molecule has 9 rings (SSSR count). The van der Waals surface area contributed by atoms with Gasteiger partial charge in [0.25, 0.3) is 0 Å². The number of hydrogen-bond donors (Lipinski definition) is 2. The number of rotatable bonds is 6. The number of halogens is 2. The normalized spacial score (nSPS) is 12.0. The third-order valence-electron chi connectivity index (χ3n) is 8.85. The lowest BCUT2D eigenvalue weighted by atomic mass is 10.0. The van der Waals surface area contributed by atoms with Crippen molar-refractivity contribution in [3.63, 3.8) is 0 Å². The van der Waals surface area contributed by atoms with Crippen LogP contribution in [0.25, 0.3) is 68.6 Å². The van der Waals surface area contributed by atoms with Crippen LogP contribution in [0.2, 0.25) is 10.0 Å². The third kappa shape index (κ3) is 6.51.